The summed E-state index contributed by atoms with van der Waals surface area (Å²) in [4.78, 5) is 0. The molecule has 0 bridgehead atoms. The van der Waals surface area contributed by atoms with Crippen LogP contribution in [0.1, 0.15) is 39.2 Å². The normalized spacial score (nSPS) is 24.7. The van der Waals surface area contributed by atoms with Crippen LogP contribution in [0.5, 0.6) is 0 Å². The predicted molar refractivity (Wildman–Crippen MR) is 88.6 cm³/mol. The lowest BCUT2D eigenvalue weighted by atomic mass is 9.88. The average molecular weight is 306 g/mol. The van der Waals surface area contributed by atoms with Gasteiger partial charge in [0.2, 0.25) is 0 Å². The molecular weight excluding hydrogens is 276 g/mol. The number of benzene rings is 1. The second-order valence-corrected chi connectivity index (χ2v) is 6.98. The van der Waals surface area contributed by atoms with E-state index >= 15 is 0 Å². The Hall–Kier alpha value is -0.900. The fraction of sp³-hybridized carbons (Fsp3) is 0.684. The van der Waals surface area contributed by atoms with Crippen molar-refractivity contribution < 1.29 is 14.6 Å². The Morgan fingerprint density at radius 2 is 1.82 bits per heavy atom. The van der Waals surface area contributed by atoms with Gasteiger partial charge in [-0.15, -0.1) is 0 Å². The first kappa shape index (κ1) is 17.5. The van der Waals surface area contributed by atoms with E-state index < -0.39 is 0 Å². The molecule has 1 aliphatic rings. The standard InChI is InChI=1S/C19H30O3/c1-14(10-16(3)19-18(11-20)22-19)9-15(2)12-21-13-17-7-5-4-6-8-17/h4-8,14-16,18-20H,9-13H2,1-3H3/t14-,15+,16-,18-,19-/m1/s1. The number of rotatable bonds is 10. The Morgan fingerprint density at radius 1 is 1.09 bits per heavy atom. The number of ether oxygens (including phenoxy) is 2. The smallest absolute Gasteiger partial charge is 0.107 e. The lowest BCUT2D eigenvalue weighted by Gasteiger charge is -2.20. The van der Waals surface area contributed by atoms with Crippen LogP contribution >= 0.6 is 0 Å². The van der Waals surface area contributed by atoms with Crippen LogP contribution < -0.4 is 0 Å². The summed E-state index contributed by atoms with van der Waals surface area (Å²) >= 11 is 0. The maximum absolute atomic E-state index is 9.05. The summed E-state index contributed by atoms with van der Waals surface area (Å²) in [6.07, 6.45) is 2.70. The lowest BCUT2D eigenvalue weighted by Crippen LogP contribution is -2.16. The molecule has 2 rings (SSSR count). The third-order valence-corrected chi connectivity index (χ3v) is 4.46. The van der Waals surface area contributed by atoms with Gasteiger partial charge in [0.05, 0.1) is 19.3 Å². The highest BCUT2D eigenvalue weighted by Crippen LogP contribution is 2.33. The van der Waals surface area contributed by atoms with Gasteiger partial charge in [0, 0.05) is 6.61 Å². The molecule has 0 amide bonds. The molecule has 0 spiro atoms. The molecule has 1 saturated heterocycles. The van der Waals surface area contributed by atoms with Gasteiger partial charge >= 0.3 is 0 Å². The number of epoxide rings is 1. The first-order valence-electron chi connectivity index (χ1n) is 8.48. The largest absolute Gasteiger partial charge is 0.394 e. The van der Waals surface area contributed by atoms with Crippen LogP contribution in [0.3, 0.4) is 0 Å². The molecule has 1 aromatic carbocycles. The second-order valence-electron chi connectivity index (χ2n) is 6.98. The van der Waals surface area contributed by atoms with E-state index in [1.165, 1.54) is 12.0 Å². The van der Waals surface area contributed by atoms with E-state index in [0.29, 0.717) is 24.4 Å². The van der Waals surface area contributed by atoms with E-state index in [1.807, 2.05) is 18.2 Å². The van der Waals surface area contributed by atoms with Crippen molar-refractivity contribution in [2.24, 2.45) is 17.8 Å². The maximum atomic E-state index is 9.05. The van der Waals surface area contributed by atoms with Gasteiger partial charge in [-0.05, 0) is 36.2 Å². The molecule has 0 radical (unpaired) electrons. The summed E-state index contributed by atoms with van der Waals surface area (Å²) in [5.74, 6) is 1.76. The Balaban J connectivity index is 1.59. The average Bonchev–Trinajstić information content (AvgIpc) is 3.28. The van der Waals surface area contributed by atoms with E-state index in [0.717, 1.165) is 13.0 Å². The van der Waals surface area contributed by atoms with Gasteiger partial charge in [-0.1, -0.05) is 51.1 Å². The predicted octanol–water partition coefficient (Wildman–Crippen LogP) is 3.65. The molecule has 1 aliphatic heterocycles. The summed E-state index contributed by atoms with van der Waals surface area (Å²) in [5.41, 5.74) is 1.23. The number of hydrogen-bond acceptors (Lipinski definition) is 3. The highest BCUT2D eigenvalue weighted by Gasteiger charge is 2.42. The van der Waals surface area contributed by atoms with E-state index in [9.17, 15) is 0 Å². The molecule has 5 atom stereocenters. The first-order valence-corrected chi connectivity index (χ1v) is 8.48. The van der Waals surface area contributed by atoms with Crippen molar-refractivity contribution in [3.05, 3.63) is 35.9 Å². The minimum atomic E-state index is 0.0915. The molecular formula is C19H30O3. The SMILES string of the molecule is C[C@H](COCc1ccccc1)C[C@@H](C)C[C@@H](C)[C@H]1O[C@@H]1CO. The Morgan fingerprint density at radius 3 is 2.45 bits per heavy atom. The molecule has 3 nitrogen and oxygen atoms in total. The molecule has 22 heavy (non-hydrogen) atoms. The molecule has 0 saturated carbocycles. The zero-order valence-electron chi connectivity index (χ0n) is 14.1. The van der Waals surface area contributed by atoms with Gasteiger partial charge in [-0.25, -0.2) is 0 Å². The van der Waals surface area contributed by atoms with Crippen LogP contribution in [0.15, 0.2) is 30.3 Å². The van der Waals surface area contributed by atoms with Crippen LogP contribution in [0.4, 0.5) is 0 Å². The third-order valence-electron chi connectivity index (χ3n) is 4.46. The maximum Gasteiger partial charge on any atom is 0.107 e. The number of aliphatic hydroxyl groups is 1. The van der Waals surface area contributed by atoms with Crippen molar-refractivity contribution in [2.45, 2.75) is 52.4 Å². The van der Waals surface area contributed by atoms with Crippen LogP contribution in [-0.2, 0) is 16.1 Å². The summed E-state index contributed by atoms with van der Waals surface area (Å²) < 4.78 is 11.3. The molecule has 1 heterocycles. The quantitative estimate of drug-likeness (QED) is 0.671. The zero-order valence-corrected chi connectivity index (χ0v) is 14.1. The second kappa shape index (κ2) is 8.66. The topological polar surface area (TPSA) is 42.0 Å². The van der Waals surface area contributed by atoms with E-state index in [2.05, 4.69) is 32.9 Å². The minimum Gasteiger partial charge on any atom is -0.394 e. The van der Waals surface area contributed by atoms with Crippen molar-refractivity contribution in [3.63, 3.8) is 0 Å². The summed E-state index contributed by atoms with van der Waals surface area (Å²) in [6.45, 7) is 8.47. The van der Waals surface area contributed by atoms with Gasteiger partial charge in [0.15, 0.2) is 0 Å². The summed E-state index contributed by atoms with van der Waals surface area (Å²) in [6, 6.07) is 10.3. The number of hydrogen-bond donors (Lipinski definition) is 1. The highest BCUT2D eigenvalue weighted by molar-refractivity contribution is 5.13. The number of aliphatic hydroxyl groups excluding tert-OH is 1. The molecule has 0 aliphatic carbocycles. The van der Waals surface area contributed by atoms with Crippen molar-refractivity contribution in [1.29, 1.82) is 0 Å². The van der Waals surface area contributed by atoms with Crippen LogP contribution in [0.25, 0.3) is 0 Å². The van der Waals surface area contributed by atoms with E-state index in [4.69, 9.17) is 14.6 Å². The molecule has 124 valence electrons. The van der Waals surface area contributed by atoms with E-state index in [-0.39, 0.29) is 18.8 Å². The van der Waals surface area contributed by atoms with Gasteiger partial charge in [0.1, 0.15) is 6.10 Å². The van der Waals surface area contributed by atoms with Gasteiger partial charge in [-0.3, -0.25) is 0 Å². The van der Waals surface area contributed by atoms with Crippen LogP contribution in [0, 0.1) is 17.8 Å². The molecule has 0 unspecified atom stereocenters. The fourth-order valence-corrected chi connectivity index (χ4v) is 3.38. The Bertz CT molecular complexity index is 420. The van der Waals surface area contributed by atoms with Gasteiger partial charge in [-0.2, -0.15) is 0 Å². The molecule has 3 heteroatoms. The molecule has 1 N–H and O–H groups in total. The van der Waals surface area contributed by atoms with E-state index in [1.54, 1.807) is 0 Å². The highest BCUT2D eigenvalue weighted by atomic mass is 16.6. The van der Waals surface area contributed by atoms with Crippen LogP contribution in [-0.4, -0.2) is 30.5 Å². The lowest BCUT2D eigenvalue weighted by molar-refractivity contribution is 0.0831. The Kier molecular flexibility index (Phi) is 6.87. The third kappa shape index (κ3) is 5.71. The zero-order chi connectivity index (χ0) is 15.9. The van der Waals surface area contributed by atoms with Crippen LogP contribution in [0.2, 0.25) is 0 Å². The monoisotopic (exact) mass is 306 g/mol. The summed E-state index contributed by atoms with van der Waals surface area (Å²) in [5, 5.41) is 9.05. The van der Waals surface area contributed by atoms with Crippen molar-refractivity contribution in [2.75, 3.05) is 13.2 Å². The van der Waals surface area contributed by atoms with Crippen molar-refractivity contribution >= 4 is 0 Å². The fourth-order valence-electron chi connectivity index (χ4n) is 3.38. The first-order chi connectivity index (χ1) is 10.6. The van der Waals surface area contributed by atoms with Gasteiger partial charge in [0.25, 0.3) is 0 Å². The molecule has 1 aromatic rings. The minimum absolute atomic E-state index is 0.0915. The summed E-state index contributed by atoms with van der Waals surface area (Å²) in [7, 11) is 0. The van der Waals surface area contributed by atoms with Gasteiger partial charge < -0.3 is 14.6 Å². The molecule has 1 fully saturated rings. The van der Waals surface area contributed by atoms with Crippen molar-refractivity contribution in [3.8, 4) is 0 Å². The molecule has 0 aromatic heterocycles. The van der Waals surface area contributed by atoms with Crippen molar-refractivity contribution in [1.82, 2.24) is 0 Å². The Labute approximate surface area is 134 Å².